The summed E-state index contributed by atoms with van der Waals surface area (Å²) in [7, 11) is 0. The minimum atomic E-state index is -4.50. The van der Waals surface area contributed by atoms with Crippen molar-refractivity contribution in [1.82, 2.24) is 4.98 Å². The first kappa shape index (κ1) is 13.5. The lowest BCUT2D eigenvalue weighted by Gasteiger charge is -2.11. The van der Waals surface area contributed by atoms with Crippen LogP contribution in [-0.2, 0) is 6.18 Å². The molecule has 0 spiro atoms. The second-order valence-electron chi connectivity index (χ2n) is 3.15. The van der Waals surface area contributed by atoms with E-state index in [4.69, 9.17) is 15.7 Å². The molecule has 1 heterocycles. The topological polar surface area (TPSA) is 80.4 Å². The van der Waals surface area contributed by atoms with Crippen LogP contribution in [0.25, 0.3) is 0 Å². The molecule has 0 saturated heterocycles. The van der Waals surface area contributed by atoms with E-state index in [0.29, 0.717) is 6.42 Å². The molecular weight excluding hydrogens is 239 g/mol. The van der Waals surface area contributed by atoms with E-state index < -0.39 is 11.7 Å². The van der Waals surface area contributed by atoms with Crippen LogP contribution in [0.15, 0.2) is 12.1 Å². The number of nitrogens with zero attached hydrogens (tertiary/aromatic N) is 1. The molecule has 0 bridgehead atoms. The normalized spacial score (nSPS) is 11.4. The number of aromatic nitrogens is 1. The van der Waals surface area contributed by atoms with Crippen molar-refractivity contribution in [2.75, 3.05) is 18.6 Å². The number of halogens is 3. The number of nitrogens with two attached hydrogens (primary N) is 1. The first-order chi connectivity index (χ1) is 7.97. The fraction of sp³-hybridized carbons (Fsp3) is 0.444. The number of aliphatic hydroxyl groups excluding tert-OH is 1. The van der Waals surface area contributed by atoms with Crippen LogP contribution >= 0.6 is 0 Å². The maximum atomic E-state index is 12.5. The Morgan fingerprint density at radius 1 is 1.41 bits per heavy atom. The van der Waals surface area contributed by atoms with Gasteiger partial charge in [0.1, 0.15) is 5.82 Å². The zero-order valence-electron chi connectivity index (χ0n) is 8.79. The number of aliphatic hydroxyl groups is 1. The van der Waals surface area contributed by atoms with Gasteiger partial charge in [-0.1, -0.05) is 0 Å². The average molecular weight is 251 g/mol. The smallest absolute Gasteiger partial charge is 0.416 e. The molecule has 0 aliphatic rings. The van der Waals surface area contributed by atoms with Crippen molar-refractivity contribution >= 4 is 5.82 Å². The summed E-state index contributed by atoms with van der Waals surface area (Å²) in [5.74, 6) is 4.68. The molecule has 0 aromatic carbocycles. The van der Waals surface area contributed by atoms with Crippen LogP contribution < -0.4 is 16.0 Å². The summed E-state index contributed by atoms with van der Waals surface area (Å²) in [6.07, 6.45) is -4.19. The molecule has 0 saturated carbocycles. The molecule has 8 heteroatoms. The van der Waals surface area contributed by atoms with E-state index in [-0.39, 0.29) is 24.9 Å². The third kappa shape index (κ3) is 4.08. The van der Waals surface area contributed by atoms with Gasteiger partial charge in [-0.3, -0.25) is 0 Å². The van der Waals surface area contributed by atoms with Crippen LogP contribution in [0.3, 0.4) is 0 Å². The zero-order chi connectivity index (χ0) is 12.9. The van der Waals surface area contributed by atoms with E-state index in [9.17, 15) is 13.2 Å². The Bertz CT molecular complexity index is 371. The molecular formula is C9H12F3N3O2. The standard InChI is InChI=1S/C9H12F3N3O2/c10-9(11,12)6-4-7(15-13)14-8(5-6)17-3-1-2-16/h4-5,16H,1-3,13H2,(H,14,15). The highest BCUT2D eigenvalue weighted by atomic mass is 19.4. The second-order valence-corrected chi connectivity index (χ2v) is 3.15. The third-order valence-corrected chi connectivity index (χ3v) is 1.83. The lowest BCUT2D eigenvalue weighted by molar-refractivity contribution is -0.137. The highest BCUT2D eigenvalue weighted by molar-refractivity contribution is 5.41. The summed E-state index contributed by atoms with van der Waals surface area (Å²) in [5.41, 5.74) is 1.13. The van der Waals surface area contributed by atoms with Gasteiger partial charge < -0.3 is 15.3 Å². The lowest BCUT2D eigenvalue weighted by atomic mass is 10.2. The maximum absolute atomic E-state index is 12.5. The van der Waals surface area contributed by atoms with Gasteiger partial charge in [0.15, 0.2) is 0 Å². The molecule has 0 aliphatic heterocycles. The van der Waals surface area contributed by atoms with E-state index in [1.54, 1.807) is 0 Å². The molecule has 0 radical (unpaired) electrons. The highest BCUT2D eigenvalue weighted by Crippen LogP contribution is 2.32. The molecule has 1 aromatic heterocycles. The quantitative estimate of drug-likeness (QED) is 0.415. The number of anilines is 1. The van der Waals surface area contributed by atoms with E-state index in [0.717, 1.165) is 12.1 Å². The van der Waals surface area contributed by atoms with Gasteiger partial charge in [-0.05, 0) is 6.07 Å². The predicted octanol–water partition coefficient (Wildman–Crippen LogP) is 1.15. The fourth-order valence-corrected chi connectivity index (χ4v) is 1.06. The third-order valence-electron chi connectivity index (χ3n) is 1.83. The van der Waals surface area contributed by atoms with Crippen LogP contribution in [0.5, 0.6) is 5.88 Å². The summed E-state index contributed by atoms with van der Waals surface area (Å²) in [6, 6.07) is 1.55. The first-order valence-corrected chi connectivity index (χ1v) is 4.77. The van der Waals surface area contributed by atoms with Gasteiger partial charge in [0, 0.05) is 19.1 Å². The Morgan fingerprint density at radius 2 is 2.12 bits per heavy atom. The molecule has 5 nitrogen and oxygen atoms in total. The van der Waals surface area contributed by atoms with Gasteiger partial charge in [-0.15, -0.1) is 0 Å². The zero-order valence-corrected chi connectivity index (χ0v) is 8.79. The van der Waals surface area contributed by atoms with Crippen molar-refractivity contribution in [1.29, 1.82) is 0 Å². The molecule has 17 heavy (non-hydrogen) atoms. The number of hydrogen-bond acceptors (Lipinski definition) is 5. The largest absolute Gasteiger partial charge is 0.478 e. The summed E-state index contributed by atoms with van der Waals surface area (Å²) in [4.78, 5) is 3.70. The number of ether oxygens (including phenoxy) is 1. The molecule has 1 rings (SSSR count). The van der Waals surface area contributed by atoms with Gasteiger partial charge in [0.05, 0.1) is 12.2 Å². The molecule has 0 fully saturated rings. The summed E-state index contributed by atoms with van der Waals surface area (Å²) in [5, 5.41) is 8.52. The number of pyridine rings is 1. The molecule has 96 valence electrons. The number of nitrogen functional groups attached to an aromatic ring is 1. The van der Waals surface area contributed by atoms with E-state index >= 15 is 0 Å². The molecule has 1 aromatic rings. The van der Waals surface area contributed by atoms with Crippen molar-refractivity contribution in [3.8, 4) is 5.88 Å². The number of hydrazine groups is 1. The Balaban J connectivity index is 2.89. The summed E-state index contributed by atoms with van der Waals surface area (Å²) in [6.45, 7) is -0.0320. The number of nitrogens with one attached hydrogen (secondary N) is 1. The first-order valence-electron chi connectivity index (χ1n) is 4.77. The Morgan fingerprint density at radius 3 is 2.65 bits per heavy atom. The van der Waals surface area contributed by atoms with Gasteiger partial charge in [-0.25, -0.2) is 5.84 Å². The average Bonchev–Trinajstić information content (AvgIpc) is 2.28. The van der Waals surface area contributed by atoms with Gasteiger partial charge in [0.2, 0.25) is 5.88 Å². The van der Waals surface area contributed by atoms with Crippen molar-refractivity contribution in [2.24, 2.45) is 5.84 Å². The fourth-order valence-electron chi connectivity index (χ4n) is 1.06. The molecule has 0 aliphatic carbocycles. The SMILES string of the molecule is NNc1cc(C(F)(F)F)cc(OCCCO)n1. The minimum Gasteiger partial charge on any atom is -0.478 e. The van der Waals surface area contributed by atoms with Crippen molar-refractivity contribution in [2.45, 2.75) is 12.6 Å². The van der Waals surface area contributed by atoms with Crippen LogP contribution in [0.1, 0.15) is 12.0 Å². The predicted molar refractivity (Wildman–Crippen MR) is 54.2 cm³/mol. The molecule has 0 unspecified atom stereocenters. The van der Waals surface area contributed by atoms with Gasteiger partial charge in [-0.2, -0.15) is 18.2 Å². The van der Waals surface area contributed by atoms with Crippen molar-refractivity contribution in [3.63, 3.8) is 0 Å². The maximum Gasteiger partial charge on any atom is 0.416 e. The van der Waals surface area contributed by atoms with E-state index in [2.05, 4.69) is 4.98 Å². The van der Waals surface area contributed by atoms with Crippen molar-refractivity contribution < 1.29 is 23.0 Å². The van der Waals surface area contributed by atoms with Crippen LogP contribution in [0.4, 0.5) is 19.0 Å². The van der Waals surface area contributed by atoms with E-state index in [1.807, 2.05) is 5.43 Å². The Labute approximate surface area is 95.4 Å². The highest BCUT2D eigenvalue weighted by Gasteiger charge is 2.31. The summed E-state index contributed by atoms with van der Waals surface area (Å²) >= 11 is 0. The molecule has 0 amide bonds. The second kappa shape index (κ2) is 5.69. The van der Waals surface area contributed by atoms with Crippen LogP contribution in [-0.4, -0.2) is 23.3 Å². The minimum absolute atomic E-state index is 0.0782. The van der Waals surface area contributed by atoms with Crippen LogP contribution in [0.2, 0.25) is 0 Å². The monoisotopic (exact) mass is 251 g/mol. The molecule has 0 atom stereocenters. The number of alkyl halides is 3. The van der Waals surface area contributed by atoms with Crippen molar-refractivity contribution in [3.05, 3.63) is 17.7 Å². The van der Waals surface area contributed by atoms with Gasteiger partial charge in [0.25, 0.3) is 0 Å². The Hall–Kier alpha value is -1.54. The van der Waals surface area contributed by atoms with Crippen LogP contribution in [0, 0.1) is 0 Å². The number of rotatable bonds is 5. The van der Waals surface area contributed by atoms with E-state index in [1.165, 1.54) is 0 Å². The molecule has 4 N–H and O–H groups in total. The number of hydrogen-bond donors (Lipinski definition) is 3. The Kier molecular flexibility index (Phi) is 4.53. The lowest BCUT2D eigenvalue weighted by Crippen LogP contribution is -2.13. The van der Waals surface area contributed by atoms with Gasteiger partial charge >= 0.3 is 6.18 Å². The summed E-state index contributed by atoms with van der Waals surface area (Å²) < 4.78 is 42.4.